The van der Waals surface area contributed by atoms with Crippen molar-refractivity contribution in [1.29, 1.82) is 0 Å². The Balaban J connectivity index is 1.95. The Hall–Kier alpha value is -1.35. The second-order valence-electron chi connectivity index (χ2n) is 5.58. The highest BCUT2D eigenvalue weighted by molar-refractivity contribution is 5.80. The molecule has 0 saturated carbocycles. The number of Topliss-reactive ketones (excluding diaryl/α,β-unsaturated/α-hetero) is 1. The molecular weight excluding hydrogens is 228 g/mol. The van der Waals surface area contributed by atoms with Crippen LogP contribution in [0.3, 0.4) is 0 Å². The Morgan fingerprint density at radius 2 is 2.28 bits per heavy atom. The molecule has 1 aromatic rings. The third-order valence-corrected chi connectivity index (χ3v) is 3.08. The van der Waals surface area contributed by atoms with E-state index < -0.39 is 5.60 Å². The Labute approximate surface area is 108 Å². The molecule has 0 spiro atoms. The van der Waals surface area contributed by atoms with Gasteiger partial charge in [-0.05, 0) is 18.9 Å². The number of rotatable bonds is 5. The smallest absolute Gasteiger partial charge is 0.136 e. The van der Waals surface area contributed by atoms with Gasteiger partial charge in [-0.3, -0.25) is 4.79 Å². The summed E-state index contributed by atoms with van der Waals surface area (Å²) in [6, 6.07) is 1.89. The lowest BCUT2D eigenvalue weighted by Gasteiger charge is -2.24. The summed E-state index contributed by atoms with van der Waals surface area (Å²) in [5.41, 5.74) is 0.514. The lowest BCUT2D eigenvalue weighted by Crippen LogP contribution is -2.27. The van der Waals surface area contributed by atoms with Crippen LogP contribution >= 0.6 is 0 Å². The first-order chi connectivity index (χ1) is 8.48. The lowest BCUT2D eigenvalue weighted by molar-refractivity contribution is -0.125. The van der Waals surface area contributed by atoms with Gasteiger partial charge < -0.3 is 9.15 Å². The van der Waals surface area contributed by atoms with E-state index in [9.17, 15) is 4.79 Å². The fraction of sp³-hybridized carbons (Fsp3) is 0.533. The highest BCUT2D eigenvalue weighted by Crippen LogP contribution is 2.35. The molecule has 2 rings (SSSR count). The topological polar surface area (TPSA) is 39.4 Å². The molecule has 2 atom stereocenters. The molecule has 0 radical (unpaired) electrons. The van der Waals surface area contributed by atoms with Gasteiger partial charge in [0.2, 0.25) is 0 Å². The fourth-order valence-electron chi connectivity index (χ4n) is 2.30. The first-order valence-electron chi connectivity index (χ1n) is 6.39. The van der Waals surface area contributed by atoms with Crippen LogP contribution in [0.5, 0.6) is 0 Å². The van der Waals surface area contributed by atoms with Crippen LogP contribution in [0.4, 0.5) is 0 Å². The number of hydrogen-bond donors (Lipinski definition) is 0. The zero-order chi connectivity index (χ0) is 13.2. The molecule has 2 heterocycles. The molecule has 0 N–H and O–H groups in total. The number of carbonyl (C=O) groups excluding carboxylic acids is 1. The highest BCUT2D eigenvalue weighted by atomic mass is 16.5. The molecule has 1 aliphatic heterocycles. The minimum absolute atomic E-state index is 0.0967. The van der Waals surface area contributed by atoms with Crippen LogP contribution in [0.15, 0.2) is 35.2 Å². The van der Waals surface area contributed by atoms with Gasteiger partial charge in [0.25, 0.3) is 0 Å². The maximum atomic E-state index is 11.9. The number of hydrogen-bond acceptors (Lipinski definition) is 3. The van der Waals surface area contributed by atoms with Gasteiger partial charge in [-0.25, -0.2) is 0 Å². The minimum Gasteiger partial charge on any atom is -0.472 e. The number of ketones is 1. The van der Waals surface area contributed by atoms with Gasteiger partial charge in [-0.15, -0.1) is 0 Å². The quantitative estimate of drug-likeness (QED) is 0.746. The molecule has 0 fully saturated rings. The van der Waals surface area contributed by atoms with Gasteiger partial charge in [0, 0.05) is 18.4 Å². The zero-order valence-corrected chi connectivity index (χ0v) is 11.2. The number of carbonyl (C=O) groups is 1. The molecule has 3 nitrogen and oxygen atoms in total. The van der Waals surface area contributed by atoms with E-state index in [4.69, 9.17) is 9.15 Å². The van der Waals surface area contributed by atoms with Gasteiger partial charge >= 0.3 is 0 Å². The Bertz CT molecular complexity index is 431. The monoisotopic (exact) mass is 248 g/mol. The summed E-state index contributed by atoms with van der Waals surface area (Å²) in [6.45, 7) is 6.07. The summed E-state index contributed by atoms with van der Waals surface area (Å²) in [5.74, 6) is 0.654. The van der Waals surface area contributed by atoms with Crippen molar-refractivity contribution in [2.45, 2.75) is 45.3 Å². The van der Waals surface area contributed by atoms with Crippen LogP contribution in [0, 0.1) is 5.92 Å². The maximum Gasteiger partial charge on any atom is 0.136 e. The molecule has 0 unspecified atom stereocenters. The highest BCUT2D eigenvalue weighted by Gasteiger charge is 2.33. The van der Waals surface area contributed by atoms with Crippen LogP contribution in [-0.2, 0) is 9.53 Å². The second-order valence-corrected chi connectivity index (χ2v) is 5.58. The average molecular weight is 248 g/mol. The first-order valence-corrected chi connectivity index (χ1v) is 6.39. The summed E-state index contributed by atoms with van der Waals surface area (Å²) in [4.78, 5) is 11.9. The number of furan rings is 1. The van der Waals surface area contributed by atoms with E-state index in [1.165, 1.54) is 0 Å². The van der Waals surface area contributed by atoms with E-state index in [0.717, 1.165) is 5.56 Å². The van der Waals surface area contributed by atoms with Crippen molar-refractivity contribution in [3.63, 3.8) is 0 Å². The average Bonchev–Trinajstić information content (AvgIpc) is 2.84. The summed E-state index contributed by atoms with van der Waals surface area (Å²) >= 11 is 0. The Morgan fingerprint density at radius 3 is 2.89 bits per heavy atom. The van der Waals surface area contributed by atoms with Crippen LogP contribution in [-0.4, -0.2) is 11.4 Å². The van der Waals surface area contributed by atoms with Gasteiger partial charge in [-0.2, -0.15) is 0 Å². The van der Waals surface area contributed by atoms with Crippen molar-refractivity contribution < 1.29 is 13.9 Å². The molecule has 1 aromatic heterocycles. The van der Waals surface area contributed by atoms with Crippen molar-refractivity contribution in [2.75, 3.05) is 0 Å². The largest absolute Gasteiger partial charge is 0.472 e. The molecular formula is C15H20O3. The minimum atomic E-state index is -0.478. The van der Waals surface area contributed by atoms with E-state index in [1.54, 1.807) is 12.5 Å². The third kappa shape index (κ3) is 3.10. The van der Waals surface area contributed by atoms with Crippen molar-refractivity contribution in [3.05, 3.63) is 36.3 Å². The van der Waals surface area contributed by atoms with Crippen LogP contribution < -0.4 is 0 Å². The first kappa shape index (κ1) is 13.1. The molecule has 0 amide bonds. The molecule has 0 saturated heterocycles. The molecule has 98 valence electrons. The molecule has 3 heteroatoms. The third-order valence-electron chi connectivity index (χ3n) is 3.08. The molecule has 0 aromatic carbocycles. The van der Waals surface area contributed by atoms with E-state index in [-0.39, 0.29) is 11.9 Å². The van der Waals surface area contributed by atoms with Crippen molar-refractivity contribution in [3.8, 4) is 0 Å². The van der Waals surface area contributed by atoms with Crippen LogP contribution in [0.1, 0.15) is 45.3 Å². The van der Waals surface area contributed by atoms with Crippen molar-refractivity contribution in [1.82, 2.24) is 0 Å². The summed E-state index contributed by atoms with van der Waals surface area (Å²) < 4.78 is 11.0. The van der Waals surface area contributed by atoms with E-state index in [2.05, 4.69) is 13.8 Å². The van der Waals surface area contributed by atoms with E-state index in [1.807, 2.05) is 25.1 Å². The second kappa shape index (κ2) is 5.11. The normalized spacial score (nSPS) is 27.0. The van der Waals surface area contributed by atoms with Gasteiger partial charge in [0.15, 0.2) is 0 Å². The lowest BCUT2D eigenvalue weighted by atomic mass is 9.95. The fourth-order valence-corrected chi connectivity index (χ4v) is 2.30. The summed E-state index contributed by atoms with van der Waals surface area (Å²) in [5, 5.41) is 0. The summed E-state index contributed by atoms with van der Waals surface area (Å²) in [6.07, 6.45) is 8.25. The van der Waals surface area contributed by atoms with Gasteiger partial charge in [-0.1, -0.05) is 26.0 Å². The molecule has 0 aliphatic carbocycles. The van der Waals surface area contributed by atoms with Crippen LogP contribution in [0.2, 0.25) is 0 Å². The Morgan fingerprint density at radius 1 is 1.50 bits per heavy atom. The molecule has 0 bridgehead atoms. The predicted molar refractivity (Wildman–Crippen MR) is 69.2 cm³/mol. The van der Waals surface area contributed by atoms with Crippen molar-refractivity contribution >= 4 is 5.78 Å². The zero-order valence-electron chi connectivity index (χ0n) is 11.2. The maximum absolute atomic E-state index is 11.9. The van der Waals surface area contributed by atoms with Gasteiger partial charge in [0.1, 0.15) is 11.9 Å². The standard InChI is InChI=1S/C15H20O3/c1-11(2)8-13(16)9-15(3)6-4-14(18-15)12-5-7-17-10-12/h4-7,10-11,14H,8-9H2,1-3H3/t14-,15-/m0/s1. The Kier molecular flexibility index (Phi) is 3.71. The van der Waals surface area contributed by atoms with E-state index >= 15 is 0 Å². The predicted octanol–water partition coefficient (Wildman–Crippen LogP) is 3.67. The molecule has 18 heavy (non-hydrogen) atoms. The van der Waals surface area contributed by atoms with Crippen molar-refractivity contribution in [2.24, 2.45) is 5.92 Å². The SMILES string of the molecule is CC(C)CC(=O)C[C@]1(C)C=C[C@@H](c2ccoc2)O1. The van der Waals surface area contributed by atoms with E-state index in [0.29, 0.717) is 18.8 Å². The summed E-state index contributed by atoms with van der Waals surface area (Å²) in [7, 11) is 0. The molecule has 1 aliphatic rings. The number of ether oxygens (including phenoxy) is 1. The van der Waals surface area contributed by atoms with Crippen LogP contribution in [0.25, 0.3) is 0 Å². The van der Waals surface area contributed by atoms with Gasteiger partial charge in [0.05, 0.1) is 18.1 Å².